The first-order valence-electron chi connectivity index (χ1n) is 4.32. The van der Waals surface area contributed by atoms with Crippen molar-refractivity contribution in [2.24, 2.45) is 5.92 Å². The third-order valence-corrected chi connectivity index (χ3v) is 3.28. The summed E-state index contributed by atoms with van der Waals surface area (Å²) in [6.07, 6.45) is 2.04. The Morgan fingerprint density at radius 3 is 2.18 bits per heavy atom. The molecule has 2 atom stereocenters. The molecular formula is C9H18OS. The first kappa shape index (κ1) is 11.0. The quantitative estimate of drug-likeness (QED) is 0.651. The molecule has 66 valence electrons. The topological polar surface area (TPSA) is 17.1 Å². The molecule has 0 N–H and O–H groups in total. The lowest BCUT2D eigenvalue weighted by molar-refractivity contribution is -0.114. The lowest BCUT2D eigenvalue weighted by atomic mass is 10.1. The Bertz CT molecular complexity index is 123. The van der Waals surface area contributed by atoms with Crippen LogP contribution in [0.5, 0.6) is 0 Å². The highest BCUT2D eigenvalue weighted by Gasteiger charge is 2.13. The van der Waals surface area contributed by atoms with Gasteiger partial charge in [-0.25, -0.2) is 0 Å². The molecule has 1 nitrogen and oxygen atoms in total. The molecule has 0 saturated heterocycles. The molecule has 0 aliphatic rings. The maximum absolute atomic E-state index is 11.3. The zero-order valence-electron chi connectivity index (χ0n) is 7.89. The van der Waals surface area contributed by atoms with E-state index in [1.54, 1.807) is 0 Å². The maximum Gasteiger partial charge on any atom is 0.191 e. The van der Waals surface area contributed by atoms with Gasteiger partial charge in [0.2, 0.25) is 0 Å². The average molecular weight is 174 g/mol. The Kier molecular flexibility index (Phi) is 5.65. The molecule has 0 saturated carbocycles. The van der Waals surface area contributed by atoms with Gasteiger partial charge in [-0.1, -0.05) is 39.5 Å². The SMILES string of the molecule is CCC(C)SC(=O)C(C)CC. The summed E-state index contributed by atoms with van der Waals surface area (Å²) in [6, 6.07) is 0. The highest BCUT2D eigenvalue weighted by molar-refractivity contribution is 8.14. The fourth-order valence-corrected chi connectivity index (χ4v) is 1.53. The van der Waals surface area contributed by atoms with Gasteiger partial charge in [0.05, 0.1) is 0 Å². The molecule has 0 spiro atoms. The molecule has 2 unspecified atom stereocenters. The van der Waals surface area contributed by atoms with Crippen LogP contribution in [-0.2, 0) is 4.79 Å². The zero-order valence-corrected chi connectivity index (χ0v) is 8.70. The van der Waals surface area contributed by atoms with E-state index in [4.69, 9.17) is 0 Å². The summed E-state index contributed by atoms with van der Waals surface area (Å²) in [6.45, 7) is 8.27. The van der Waals surface area contributed by atoms with Gasteiger partial charge in [0.25, 0.3) is 0 Å². The summed E-state index contributed by atoms with van der Waals surface area (Å²) < 4.78 is 0. The average Bonchev–Trinajstić information content (AvgIpc) is 2.02. The van der Waals surface area contributed by atoms with Crippen LogP contribution >= 0.6 is 11.8 Å². The first-order valence-corrected chi connectivity index (χ1v) is 5.20. The van der Waals surface area contributed by atoms with E-state index in [1.165, 1.54) is 11.8 Å². The predicted octanol–water partition coefficient (Wildman–Crippen LogP) is 3.09. The van der Waals surface area contributed by atoms with Crippen LogP contribution < -0.4 is 0 Å². The Balaban J connectivity index is 3.68. The van der Waals surface area contributed by atoms with Crippen molar-refractivity contribution in [1.82, 2.24) is 0 Å². The van der Waals surface area contributed by atoms with E-state index >= 15 is 0 Å². The molecule has 0 aliphatic heterocycles. The van der Waals surface area contributed by atoms with E-state index in [0.717, 1.165) is 12.8 Å². The predicted molar refractivity (Wildman–Crippen MR) is 51.8 cm³/mol. The number of carbonyl (C=O) groups is 1. The fourth-order valence-electron chi connectivity index (χ4n) is 0.564. The Morgan fingerprint density at radius 1 is 1.27 bits per heavy atom. The Morgan fingerprint density at radius 2 is 1.82 bits per heavy atom. The molecule has 0 aliphatic carbocycles. The molecule has 0 aromatic rings. The van der Waals surface area contributed by atoms with Crippen LogP contribution in [0.25, 0.3) is 0 Å². The summed E-state index contributed by atoms with van der Waals surface area (Å²) in [4.78, 5) is 11.3. The van der Waals surface area contributed by atoms with Gasteiger partial charge in [0.1, 0.15) is 0 Å². The molecule has 0 aromatic carbocycles. The summed E-state index contributed by atoms with van der Waals surface area (Å²) in [5, 5.41) is 0.832. The molecule has 0 heterocycles. The van der Waals surface area contributed by atoms with Crippen molar-refractivity contribution in [3.8, 4) is 0 Å². The lowest BCUT2D eigenvalue weighted by Crippen LogP contribution is -2.09. The first-order chi connectivity index (χ1) is 5.11. The zero-order chi connectivity index (χ0) is 8.85. The van der Waals surface area contributed by atoms with Gasteiger partial charge >= 0.3 is 0 Å². The second-order valence-electron chi connectivity index (χ2n) is 2.97. The number of hydrogen-bond donors (Lipinski definition) is 0. The lowest BCUT2D eigenvalue weighted by Gasteiger charge is -2.10. The molecule has 0 bridgehead atoms. The molecule has 0 radical (unpaired) electrons. The minimum absolute atomic E-state index is 0.231. The van der Waals surface area contributed by atoms with Gasteiger partial charge in [0, 0.05) is 11.2 Å². The van der Waals surface area contributed by atoms with Crippen LogP contribution in [-0.4, -0.2) is 10.4 Å². The Labute approximate surface area is 73.9 Å². The van der Waals surface area contributed by atoms with Crippen LogP contribution in [0.4, 0.5) is 0 Å². The largest absolute Gasteiger partial charge is 0.287 e. The fraction of sp³-hybridized carbons (Fsp3) is 0.889. The second-order valence-corrected chi connectivity index (χ2v) is 4.41. The molecule has 0 amide bonds. The summed E-state index contributed by atoms with van der Waals surface area (Å²) in [7, 11) is 0. The van der Waals surface area contributed by atoms with Crippen LogP contribution in [0.2, 0.25) is 0 Å². The van der Waals surface area contributed by atoms with Crippen LogP contribution in [0.15, 0.2) is 0 Å². The number of hydrogen-bond acceptors (Lipinski definition) is 2. The van der Waals surface area contributed by atoms with Crippen molar-refractivity contribution in [3.63, 3.8) is 0 Å². The van der Waals surface area contributed by atoms with Gasteiger partial charge in [0.15, 0.2) is 5.12 Å². The number of thioether (sulfide) groups is 1. The summed E-state index contributed by atoms with van der Waals surface area (Å²) >= 11 is 1.49. The van der Waals surface area contributed by atoms with Gasteiger partial charge in [-0.15, -0.1) is 0 Å². The van der Waals surface area contributed by atoms with E-state index in [9.17, 15) is 4.79 Å². The van der Waals surface area contributed by atoms with Gasteiger partial charge in [-0.2, -0.15) is 0 Å². The number of rotatable bonds is 4. The van der Waals surface area contributed by atoms with Crippen molar-refractivity contribution in [1.29, 1.82) is 0 Å². The highest BCUT2D eigenvalue weighted by atomic mass is 32.2. The van der Waals surface area contributed by atoms with E-state index < -0.39 is 0 Å². The maximum atomic E-state index is 11.3. The van der Waals surface area contributed by atoms with E-state index in [-0.39, 0.29) is 5.92 Å². The summed E-state index contributed by atoms with van der Waals surface area (Å²) in [5.74, 6) is 0.231. The van der Waals surface area contributed by atoms with Crippen molar-refractivity contribution in [2.45, 2.75) is 45.8 Å². The third kappa shape index (κ3) is 4.46. The minimum Gasteiger partial charge on any atom is -0.287 e. The van der Waals surface area contributed by atoms with Crippen molar-refractivity contribution >= 4 is 16.9 Å². The van der Waals surface area contributed by atoms with Crippen LogP contribution in [0, 0.1) is 5.92 Å². The molecule has 0 rings (SSSR count). The second kappa shape index (κ2) is 5.64. The van der Waals surface area contributed by atoms with Gasteiger partial charge in [-0.3, -0.25) is 4.79 Å². The Hall–Kier alpha value is 0.0200. The van der Waals surface area contributed by atoms with Crippen molar-refractivity contribution in [2.75, 3.05) is 0 Å². The normalized spacial score (nSPS) is 16.0. The van der Waals surface area contributed by atoms with E-state index in [2.05, 4.69) is 20.8 Å². The number of carbonyl (C=O) groups excluding carboxylic acids is 1. The monoisotopic (exact) mass is 174 g/mol. The van der Waals surface area contributed by atoms with Crippen molar-refractivity contribution in [3.05, 3.63) is 0 Å². The summed E-state index contributed by atoms with van der Waals surface area (Å²) in [5.41, 5.74) is 0. The third-order valence-electron chi connectivity index (χ3n) is 1.91. The van der Waals surface area contributed by atoms with E-state index in [1.807, 2.05) is 6.92 Å². The van der Waals surface area contributed by atoms with E-state index in [0.29, 0.717) is 10.4 Å². The van der Waals surface area contributed by atoms with Crippen LogP contribution in [0.1, 0.15) is 40.5 Å². The molecule has 2 heteroatoms. The van der Waals surface area contributed by atoms with Gasteiger partial charge in [-0.05, 0) is 12.8 Å². The molecule has 0 fully saturated rings. The van der Waals surface area contributed by atoms with Crippen molar-refractivity contribution < 1.29 is 4.79 Å². The smallest absolute Gasteiger partial charge is 0.191 e. The standard InChI is InChI=1S/C9H18OS/c1-5-7(3)9(10)11-8(4)6-2/h7-8H,5-6H2,1-4H3. The minimum atomic E-state index is 0.231. The molecule has 0 aromatic heterocycles. The highest BCUT2D eigenvalue weighted by Crippen LogP contribution is 2.20. The van der Waals surface area contributed by atoms with Gasteiger partial charge < -0.3 is 0 Å². The molecular weight excluding hydrogens is 156 g/mol. The van der Waals surface area contributed by atoms with Crippen LogP contribution in [0.3, 0.4) is 0 Å². The molecule has 11 heavy (non-hydrogen) atoms.